The molecule has 0 heterocycles. The van der Waals surface area contributed by atoms with Crippen LogP contribution in [0.2, 0.25) is 0 Å². The molecule has 4 atom stereocenters. The van der Waals surface area contributed by atoms with Crippen LogP contribution in [-0.4, -0.2) is 0 Å². The SMILES string of the molecule is CC1C(C)(C)C2CCC23CC13C. The first-order chi connectivity index (χ1) is 5.45. The quantitative estimate of drug-likeness (QED) is 0.514. The van der Waals surface area contributed by atoms with Crippen molar-refractivity contribution in [2.75, 3.05) is 0 Å². The summed E-state index contributed by atoms with van der Waals surface area (Å²) in [5.74, 6) is 2.03. The van der Waals surface area contributed by atoms with Gasteiger partial charge in [0, 0.05) is 0 Å². The van der Waals surface area contributed by atoms with Crippen LogP contribution in [-0.2, 0) is 0 Å². The summed E-state index contributed by atoms with van der Waals surface area (Å²) in [6, 6.07) is 0. The first-order valence-electron chi connectivity index (χ1n) is 5.45. The van der Waals surface area contributed by atoms with Gasteiger partial charge in [0.15, 0.2) is 0 Å². The lowest BCUT2D eigenvalue weighted by atomic mass is 9.60. The van der Waals surface area contributed by atoms with E-state index in [9.17, 15) is 0 Å². The molecule has 0 amide bonds. The Morgan fingerprint density at radius 2 is 1.83 bits per heavy atom. The maximum Gasteiger partial charge on any atom is -0.0202 e. The van der Waals surface area contributed by atoms with Crippen LogP contribution in [0.4, 0.5) is 0 Å². The van der Waals surface area contributed by atoms with Gasteiger partial charge in [-0.15, -0.1) is 0 Å². The normalized spacial score (nSPS) is 65.0. The van der Waals surface area contributed by atoms with Gasteiger partial charge in [0.2, 0.25) is 0 Å². The zero-order valence-electron chi connectivity index (χ0n) is 8.78. The molecule has 1 spiro atoms. The Labute approximate surface area is 75.7 Å². The molecule has 0 aromatic carbocycles. The highest BCUT2D eigenvalue weighted by atomic mass is 14.9. The van der Waals surface area contributed by atoms with Crippen molar-refractivity contribution in [1.82, 2.24) is 0 Å². The van der Waals surface area contributed by atoms with E-state index in [2.05, 4.69) is 27.7 Å². The van der Waals surface area contributed by atoms with Gasteiger partial charge in [-0.2, -0.15) is 0 Å². The zero-order chi connectivity index (χ0) is 8.78. The van der Waals surface area contributed by atoms with Crippen LogP contribution in [0.25, 0.3) is 0 Å². The van der Waals surface area contributed by atoms with E-state index in [0.29, 0.717) is 5.41 Å². The minimum Gasteiger partial charge on any atom is -0.0614 e. The predicted molar refractivity (Wildman–Crippen MR) is 50.8 cm³/mol. The van der Waals surface area contributed by atoms with Gasteiger partial charge in [-0.25, -0.2) is 0 Å². The minimum absolute atomic E-state index is 0.644. The molecule has 0 bridgehead atoms. The molecule has 0 aromatic heterocycles. The molecule has 0 heteroatoms. The maximum absolute atomic E-state index is 2.54. The van der Waals surface area contributed by atoms with Crippen molar-refractivity contribution < 1.29 is 0 Å². The van der Waals surface area contributed by atoms with E-state index in [1.165, 1.54) is 6.42 Å². The minimum atomic E-state index is 0.644. The van der Waals surface area contributed by atoms with E-state index >= 15 is 0 Å². The summed E-state index contributed by atoms with van der Waals surface area (Å²) in [7, 11) is 0. The summed E-state index contributed by atoms with van der Waals surface area (Å²) in [6.07, 6.45) is 4.62. The Balaban J connectivity index is 2.08. The summed E-state index contributed by atoms with van der Waals surface area (Å²) in [6.45, 7) is 10.0. The number of rotatable bonds is 0. The third-order valence-corrected chi connectivity index (χ3v) is 6.21. The molecule has 12 heavy (non-hydrogen) atoms. The molecule has 0 aromatic rings. The molecule has 0 nitrogen and oxygen atoms in total. The smallest absolute Gasteiger partial charge is 0.0202 e. The Kier molecular flexibility index (Phi) is 0.932. The van der Waals surface area contributed by atoms with E-state index in [4.69, 9.17) is 0 Å². The summed E-state index contributed by atoms with van der Waals surface area (Å²) in [5, 5.41) is 0. The van der Waals surface area contributed by atoms with Crippen LogP contribution in [0.3, 0.4) is 0 Å². The maximum atomic E-state index is 2.54. The van der Waals surface area contributed by atoms with Crippen LogP contribution >= 0.6 is 0 Å². The summed E-state index contributed by atoms with van der Waals surface area (Å²) in [4.78, 5) is 0. The lowest BCUT2D eigenvalue weighted by molar-refractivity contribution is 0.0475. The molecule has 4 unspecified atom stereocenters. The highest BCUT2D eigenvalue weighted by Crippen LogP contribution is 2.89. The van der Waals surface area contributed by atoms with Crippen molar-refractivity contribution in [1.29, 1.82) is 0 Å². The van der Waals surface area contributed by atoms with Gasteiger partial charge in [-0.1, -0.05) is 27.7 Å². The van der Waals surface area contributed by atoms with Gasteiger partial charge in [-0.3, -0.25) is 0 Å². The number of hydrogen-bond donors (Lipinski definition) is 0. The lowest BCUT2D eigenvalue weighted by Crippen LogP contribution is -2.36. The average molecular weight is 164 g/mol. The summed E-state index contributed by atoms with van der Waals surface area (Å²) in [5.41, 5.74) is 2.24. The molecule has 3 rings (SSSR count). The average Bonchev–Trinajstić information content (AvgIpc) is 2.53. The van der Waals surface area contributed by atoms with E-state index in [0.717, 1.165) is 22.7 Å². The van der Waals surface area contributed by atoms with Crippen molar-refractivity contribution in [3.63, 3.8) is 0 Å². The molecule has 3 aliphatic rings. The molecule has 0 saturated heterocycles. The molecular formula is C12H20. The van der Waals surface area contributed by atoms with Crippen LogP contribution in [0, 0.1) is 28.1 Å². The molecule has 3 saturated carbocycles. The predicted octanol–water partition coefficient (Wildman–Crippen LogP) is 3.47. The van der Waals surface area contributed by atoms with Gasteiger partial charge >= 0.3 is 0 Å². The standard InChI is InChI=1S/C12H20/c1-8-10(2,3)9-5-6-12(9)7-11(8,12)4/h8-9H,5-7H2,1-4H3. The van der Waals surface area contributed by atoms with Crippen LogP contribution in [0.1, 0.15) is 47.0 Å². The third kappa shape index (κ3) is 0.438. The van der Waals surface area contributed by atoms with E-state index in [-0.39, 0.29) is 0 Å². The fourth-order valence-electron chi connectivity index (χ4n) is 4.93. The van der Waals surface area contributed by atoms with Gasteiger partial charge in [0.05, 0.1) is 0 Å². The van der Waals surface area contributed by atoms with Crippen LogP contribution < -0.4 is 0 Å². The van der Waals surface area contributed by atoms with E-state index in [1.807, 2.05) is 0 Å². The summed E-state index contributed by atoms with van der Waals surface area (Å²) < 4.78 is 0. The molecule has 3 aliphatic carbocycles. The molecule has 3 fully saturated rings. The highest BCUT2D eigenvalue weighted by molar-refractivity contribution is 5.30. The fourth-order valence-corrected chi connectivity index (χ4v) is 4.93. The Morgan fingerprint density at radius 1 is 1.17 bits per heavy atom. The van der Waals surface area contributed by atoms with Crippen molar-refractivity contribution in [2.45, 2.75) is 47.0 Å². The van der Waals surface area contributed by atoms with E-state index < -0.39 is 0 Å². The van der Waals surface area contributed by atoms with Crippen LogP contribution in [0.15, 0.2) is 0 Å². The first kappa shape index (κ1) is 7.41. The largest absolute Gasteiger partial charge is 0.0614 e. The highest BCUT2D eigenvalue weighted by Gasteiger charge is 2.81. The van der Waals surface area contributed by atoms with Crippen LogP contribution in [0.5, 0.6) is 0 Å². The Hall–Kier alpha value is 0. The first-order valence-corrected chi connectivity index (χ1v) is 5.45. The Morgan fingerprint density at radius 3 is 2.08 bits per heavy atom. The second-order valence-electron chi connectivity index (χ2n) is 6.38. The zero-order valence-corrected chi connectivity index (χ0v) is 8.78. The third-order valence-electron chi connectivity index (χ3n) is 6.21. The van der Waals surface area contributed by atoms with Gasteiger partial charge in [0.1, 0.15) is 0 Å². The van der Waals surface area contributed by atoms with Crippen molar-refractivity contribution in [3.05, 3.63) is 0 Å². The van der Waals surface area contributed by atoms with Crippen molar-refractivity contribution in [3.8, 4) is 0 Å². The molecular weight excluding hydrogens is 144 g/mol. The summed E-state index contributed by atoms with van der Waals surface area (Å²) >= 11 is 0. The second kappa shape index (κ2) is 1.51. The topological polar surface area (TPSA) is 0 Å². The molecule has 0 N–H and O–H groups in total. The lowest BCUT2D eigenvalue weighted by Gasteiger charge is -2.44. The fraction of sp³-hybridized carbons (Fsp3) is 1.00. The second-order valence-corrected chi connectivity index (χ2v) is 6.38. The van der Waals surface area contributed by atoms with Gasteiger partial charge in [0.25, 0.3) is 0 Å². The van der Waals surface area contributed by atoms with Crippen molar-refractivity contribution in [2.24, 2.45) is 28.1 Å². The van der Waals surface area contributed by atoms with Gasteiger partial charge < -0.3 is 0 Å². The van der Waals surface area contributed by atoms with E-state index in [1.54, 1.807) is 12.8 Å². The van der Waals surface area contributed by atoms with Gasteiger partial charge in [-0.05, 0) is 47.3 Å². The Bertz CT molecular complexity index is 233. The molecule has 0 radical (unpaired) electrons. The van der Waals surface area contributed by atoms with Crippen molar-refractivity contribution >= 4 is 0 Å². The molecule has 0 aliphatic heterocycles. The number of hydrogen-bond acceptors (Lipinski definition) is 0. The monoisotopic (exact) mass is 164 g/mol. The molecule has 68 valence electrons.